The number of piperazine rings is 1. The van der Waals surface area contributed by atoms with Gasteiger partial charge in [0.15, 0.2) is 0 Å². The molecule has 0 spiro atoms. The summed E-state index contributed by atoms with van der Waals surface area (Å²) < 4.78 is 5.23. The number of non-ortho nitro benzene ring substituents is 1. The number of anilines is 1. The minimum Gasteiger partial charge on any atom is -0.442 e. The van der Waals surface area contributed by atoms with Crippen molar-refractivity contribution < 1.29 is 34.0 Å². The van der Waals surface area contributed by atoms with Gasteiger partial charge in [-0.1, -0.05) is 0 Å². The largest absolute Gasteiger partial charge is 0.442 e. The number of benzene rings is 2. The van der Waals surface area contributed by atoms with Gasteiger partial charge in [0.1, 0.15) is 11.1 Å². The summed E-state index contributed by atoms with van der Waals surface area (Å²) in [4.78, 5) is 64.0. The fourth-order valence-corrected chi connectivity index (χ4v) is 5.01. The number of pyridine rings is 1. The molecule has 2 heterocycles. The summed E-state index contributed by atoms with van der Waals surface area (Å²) in [5.74, 6) is -0.523. The Kier molecular flexibility index (Phi) is 10.2. The molecule has 45 heavy (non-hydrogen) atoms. The Hall–Kier alpha value is -4.82. The summed E-state index contributed by atoms with van der Waals surface area (Å²) in [5, 5.41) is 23.3. The molecule has 1 aromatic heterocycles. The SMILES string of the molecule is CN(CCON(C)C(=O)OC(C)(C)C)C(=O)c1ccc(C(=O)N2CCN(c3ccc([N+](=O)[O-])c4ncccc34)C(CO)C2)cc1. The summed E-state index contributed by atoms with van der Waals surface area (Å²) in [6.45, 7) is 6.27. The van der Waals surface area contributed by atoms with E-state index in [1.54, 1.807) is 75.2 Å². The third-order valence-electron chi connectivity index (χ3n) is 7.30. The molecule has 1 unspecified atom stereocenters. The number of aromatic nitrogens is 1. The number of carbonyl (C=O) groups is 3. The Morgan fingerprint density at radius 2 is 1.76 bits per heavy atom. The first-order valence-corrected chi connectivity index (χ1v) is 14.4. The van der Waals surface area contributed by atoms with Crippen LogP contribution in [-0.2, 0) is 9.57 Å². The van der Waals surface area contributed by atoms with E-state index in [0.717, 1.165) is 5.06 Å². The molecule has 0 radical (unpaired) electrons. The molecule has 0 saturated carbocycles. The van der Waals surface area contributed by atoms with Crippen LogP contribution < -0.4 is 4.90 Å². The molecule has 3 aromatic rings. The van der Waals surface area contributed by atoms with Crippen LogP contribution in [0.25, 0.3) is 10.9 Å². The van der Waals surface area contributed by atoms with Crippen molar-refractivity contribution in [3.05, 3.63) is 76.0 Å². The number of hydrogen-bond acceptors (Lipinski definition) is 10. The number of nitrogens with zero attached hydrogens (tertiary/aromatic N) is 6. The van der Waals surface area contributed by atoms with Crippen molar-refractivity contribution in [1.82, 2.24) is 19.8 Å². The Balaban J connectivity index is 1.36. The zero-order valence-corrected chi connectivity index (χ0v) is 26.0. The summed E-state index contributed by atoms with van der Waals surface area (Å²) in [5.41, 5.74) is 0.973. The second-order valence-electron chi connectivity index (χ2n) is 11.7. The van der Waals surface area contributed by atoms with E-state index in [1.165, 1.54) is 24.2 Å². The quantitative estimate of drug-likeness (QED) is 0.277. The van der Waals surface area contributed by atoms with E-state index in [4.69, 9.17) is 9.57 Å². The lowest BCUT2D eigenvalue weighted by Gasteiger charge is -2.42. The molecule has 1 aliphatic rings. The van der Waals surface area contributed by atoms with Crippen molar-refractivity contribution in [3.8, 4) is 0 Å². The molecular weight excluding hydrogens is 584 g/mol. The van der Waals surface area contributed by atoms with E-state index in [-0.39, 0.29) is 49.3 Å². The molecule has 4 rings (SSSR count). The molecule has 3 amide bonds. The zero-order valence-electron chi connectivity index (χ0n) is 26.0. The van der Waals surface area contributed by atoms with Crippen LogP contribution in [0.2, 0.25) is 0 Å². The third-order valence-corrected chi connectivity index (χ3v) is 7.30. The van der Waals surface area contributed by atoms with E-state index in [0.29, 0.717) is 35.3 Å². The molecule has 1 aliphatic heterocycles. The van der Waals surface area contributed by atoms with Crippen molar-refractivity contribution in [1.29, 1.82) is 0 Å². The maximum absolute atomic E-state index is 13.4. The van der Waals surface area contributed by atoms with Crippen LogP contribution in [0.3, 0.4) is 0 Å². The fourth-order valence-electron chi connectivity index (χ4n) is 5.01. The number of carbonyl (C=O) groups excluding carboxylic acids is 3. The predicted molar refractivity (Wildman–Crippen MR) is 166 cm³/mol. The van der Waals surface area contributed by atoms with Gasteiger partial charge in [-0.2, -0.15) is 5.06 Å². The standard InChI is InChI=1S/C31H38N6O8/c1-31(2,3)45-30(41)34(5)44-18-17-33(4)28(39)21-8-10-22(11-9-21)29(40)35-15-16-36(23(19-35)20-38)25-12-13-26(37(42)43)27-24(25)7-6-14-32-27/h6-14,23,38H,15-20H2,1-5H3. The summed E-state index contributed by atoms with van der Waals surface area (Å²) in [7, 11) is 3.04. The second kappa shape index (κ2) is 13.9. The Morgan fingerprint density at radius 3 is 2.40 bits per heavy atom. The van der Waals surface area contributed by atoms with Gasteiger partial charge in [0.2, 0.25) is 0 Å². The number of fused-ring (bicyclic) bond motifs is 1. The molecule has 2 aromatic carbocycles. The average molecular weight is 623 g/mol. The Labute approximate surface area is 260 Å². The van der Waals surface area contributed by atoms with Gasteiger partial charge in [0, 0.05) is 74.7 Å². The minimum absolute atomic E-state index is 0.0682. The number of likely N-dealkylation sites (N-methyl/N-ethyl adjacent to an activating group) is 1. The highest BCUT2D eigenvalue weighted by molar-refractivity contribution is 5.99. The number of amides is 3. The number of nitro benzene ring substituents is 1. The maximum Gasteiger partial charge on any atom is 0.434 e. The summed E-state index contributed by atoms with van der Waals surface area (Å²) in [6, 6.07) is 12.4. The van der Waals surface area contributed by atoms with E-state index in [9.17, 15) is 29.6 Å². The smallest absolute Gasteiger partial charge is 0.434 e. The first-order chi connectivity index (χ1) is 21.3. The summed E-state index contributed by atoms with van der Waals surface area (Å²) in [6.07, 6.45) is 0.860. The minimum atomic E-state index is -0.660. The molecule has 1 saturated heterocycles. The first-order valence-electron chi connectivity index (χ1n) is 14.4. The molecule has 0 aliphatic carbocycles. The fraction of sp³-hybridized carbons (Fsp3) is 0.419. The number of nitro groups is 1. The van der Waals surface area contributed by atoms with E-state index in [1.807, 2.05) is 4.90 Å². The maximum atomic E-state index is 13.4. The van der Waals surface area contributed by atoms with Crippen LogP contribution >= 0.6 is 0 Å². The van der Waals surface area contributed by atoms with Gasteiger partial charge in [-0.25, -0.2) is 9.78 Å². The number of hydroxylamine groups is 2. The van der Waals surface area contributed by atoms with Crippen molar-refractivity contribution in [3.63, 3.8) is 0 Å². The molecule has 14 nitrogen and oxygen atoms in total. The first kappa shape index (κ1) is 33.1. The van der Waals surface area contributed by atoms with Gasteiger partial charge in [0.25, 0.3) is 17.5 Å². The van der Waals surface area contributed by atoms with Crippen LogP contribution in [0.4, 0.5) is 16.2 Å². The molecule has 0 bridgehead atoms. The van der Waals surface area contributed by atoms with Crippen LogP contribution in [-0.4, -0.2) is 113 Å². The van der Waals surface area contributed by atoms with Crippen molar-refractivity contribution in [2.45, 2.75) is 32.4 Å². The van der Waals surface area contributed by atoms with Gasteiger partial charge in [0.05, 0.1) is 24.2 Å². The van der Waals surface area contributed by atoms with Crippen LogP contribution in [0.15, 0.2) is 54.7 Å². The molecule has 1 fully saturated rings. The number of ether oxygens (including phenoxy) is 1. The number of aliphatic hydroxyl groups is 1. The van der Waals surface area contributed by atoms with Gasteiger partial charge in [-0.15, -0.1) is 0 Å². The van der Waals surface area contributed by atoms with Crippen molar-refractivity contribution in [2.24, 2.45) is 0 Å². The van der Waals surface area contributed by atoms with E-state index in [2.05, 4.69) is 4.98 Å². The van der Waals surface area contributed by atoms with Gasteiger partial charge in [-0.3, -0.25) is 24.5 Å². The second-order valence-corrected chi connectivity index (χ2v) is 11.7. The van der Waals surface area contributed by atoms with Gasteiger partial charge in [-0.05, 0) is 63.2 Å². The van der Waals surface area contributed by atoms with Gasteiger partial charge < -0.3 is 24.5 Å². The predicted octanol–water partition coefficient (Wildman–Crippen LogP) is 3.34. The third kappa shape index (κ3) is 7.83. The topological polar surface area (TPSA) is 159 Å². The highest BCUT2D eigenvalue weighted by Crippen LogP contribution is 2.34. The molecule has 240 valence electrons. The Morgan fingerprint density at radius 1 is 1.07 bits per heavy atom. The number of rotatable bonds is 9. The lowest BCUT2D eigenvalue weighted by Crippen LogP contribution is -2.56. The van der Waals surface area contributed by atoms with Crippen molar-refractivity contribution in [2.75, 3.05) is 58.4 Å². The highest BCUT2D eigenvalue weighted by atomic mass is 16.7. The van der Waals surface area contributed by atoms with Crippen LogP contribution in [0.5, 0.6) is 0 Å². The normalized spacial score (nSPS) is 15.1. The average Bonchev–Trinajstić information content (AvgIpc) is 3.02. The molecule has 1 atom stereocenters. The van der Waals surface area contributed by atoms with Crippen molar-refractivity contribution >= 4 is 40.2 Å². The van der Waals surface area contributed by atoms with Gasteiger partial charge >= 0.3 is 6.09 Å². The van der Waals surface area contributed by atoms with Crippen LogP contribution in [0, 0.1) is 10.1 Å². The van der Waals surface area contributed by atoms with Crippen LogP contribution in [0.1, 0.15) is 41.5 Å². The summed E-state index contributed by atoms with van der Waals surface area (Å²) >= 11 is 0. The lowest BCUT2D eigenvalue weighted by atomic mass is 10.1. The molecule has 1 N–H and O–H groups in total. The zero-order chi connectivity index (χ0) is 32.9. The Bertz CT molecular complexity index is 1560. The van der Waals surface area contributed by atoms with E-state index < -0.39 is 22.7 Å². The number of hydrogen-bond donors (Lipinski definition) is 1. The molecule has 14 heteroatoms. The highest BCUT2D eigenvalue weighted by Gasteiger charge is 2.32. The monoisotopic (exact) mass is 622 g/mol. The number of aliphatic hydroxyl groups excluding tert-OH is 1. The van der Waals surface area contributed by atoms with E-state index >= 15 is 0 Å². The lowest BCUT2D eigenvalue weighted by molar-refractivity contribution is -0.383. The molecular formula is C31H38N6O8.